The standard InChI is InChI=1S/C23H25N7O2S/c1-14-19(33-21(26-14)20-24-13-25-27-20)23(32)30-12-16-10-17(30)11-29(16)22(31)18-8-5-9-28(18)15-6-3-2-4-7-15/h2-4,6-7,13,16-18H,5,8-12H2,1H3,(H,24,25,27)/t16-,17-,18?/m0/s1. The fourth-order valence-corrected chi connectivity index (χ4v) is 6.43. The molecule has 1 unspecified atom stereocenters. The first kappa shape index (κ1) is 20.3. The number of hydrogen-bond acceptors (Lipinski definition) is 7. The maximum Gasteiger partial charge on any atom is 0.266 e. The quantitative estimate of drug-likeness (QED) is 0.638. The smallest absolute Gasteiger partial charge is 0.266 e. The van der Waals surface area contributed by atoms with Gasteiger partial charge in [0, 0.05) is 25.3 Å². The van der Waals surface area contributed by atoms with E-state index >= 15 is 0 Å². The highest BCUT2D eigenvalue weighted by molar-refractivity contribution is 7.17. The lowest BCUT2D eigenvalue weighted by Crippen LogP contribution is -2.54. The van der Waals surface area contributed by atoms with Gasteiger partial charge in [-0.3, -0.25) is 14.7 Å². The van der Waals surface area contributed by atoms with E-state index in [0.717, 1.165) is 31.5 Å². The molecule has 2 amide bonds. The number of rotatable bonds is 4. The molecular formula is C23H25N7O2S. The molecule has 10 heteroatoms. The SMILES string of the molecule is Cc1nc(-c2ncn[nH]2)sc1C(=O)N1C[C@@H]2C[C@H]1CN2C(=O)C1CCCN1c1ccccc1. The van der Waals surface area contributed by atoms with Crippen LogP contribution in [0.5, 0.6) is 0 Å². The van der Waals surface area contributed by atoms with E-state index in [1.54, 1.807) is 0 Å². The van der Waals surface area contributed by atoms with E-state index in [1.807, 2.05) is 34.9 Å². The number of aromatic nitrogens is 4. The van der Waals surface area contributed by atoms with Crippen LogP contribution in [0.2, 0.25) is 0 Å². The van der Waals surface area contributed by atoms with Gasteiger partial charge in [-0.05, 0) is 38.3 Å². The van der Waals surface area contributed by atoms with Crippen molar-refractivity contribution in [2.45, 2.75) is 44.3 Å². The van der Waals surface area contributed by atoms with E-state index in [0.29, 0.717) is 34.5 Å². The lowest BCUT2D eigenvalue weighted by Gasteiger charge is -2.37. The van der Waals surface area contributed by atoms with Crippen LogP contribution in [0.3, 0.4) is 0 Å². The summed E-state index contributed by atoms with van der Waals surface area (Å²) in [6.07, 6.45) is 4.19. The number of piperazine rings is 1. The zero-order chi connectivity index (χ0) is 22.5. The van der Waals surface area contributed by atoms with Crippen LogP contribution in [0.4, 0.5) is 5.69 Å². The predicted octanol–water partition coefficient (Wildman–Crippen LogP) is 2.33. The van der Waals surface area contributed by atoms with Gasteiger partial charge in [0.2, 0.25) is 5.91 Å². The molecule has 0 saturated carbocycles. The molecule has 1 N–H and O–H groups in total. The van der Waals surface area contributed by atoms with Gasteiger partial charge in [0.25, 0.3) is 5.91 Å². The van der Waals surface area contributed by atoms with Crippen LogP contribution in [-0.2, 0) is 4.79 Å². The molecule has 0 spiro atoms. The van der Waals surface area contributed by atoms with Crippen LogP contribution in [0.25, 0.3) is 10.8 Å². The summed E-state index contributed by atoms with van der Waals surface area (Å²) in [4.78, 5) is 42.3. The Morgan fingerprint density at radius 2 is 1.91 bits per heavy atom. The number of nitrogens with one attached hydrogen (secondary N) is 1. The number of carbonyl (C=O) groups excluding carboxylic acids is 2. The monoisotopic (exact) mass is 463 g/mol. The highest BCUT2D eigenvalue weighted by atomic mass is 32.1. The Bertz CT molecular complexity index is 1180. The van der Waals surface area contributed by atoms with Crippen LogP contribution >= 0.6 is 11.3 Å². The minimum Gasteiger partial charge on any atom is -0.360 e. The van der Waals surface area contributed by atoms with Gasteiger partial charge in [0.1, 0.15) is 17.2 Å². The summed E-state index contributed by atoms with van der Waals surface area (Å²) in [7, 11) is 0. The molecule has 33 heavy (non-hydrogen) atoms. The molecule has 3 saturated heterocycles. The van der Waals surface area contributed by atoms with Crippen LogP contribution in [0.15, 0.2) is 36.7 Å². The van der Waals surface area contributed by atoms with Crippen molar-refractivity contribution in [3.63, 3.8) is 0 Å². The molecule has 3 aromatic rings. The number of benzene rings is 1. The van der Waals surface area contributed by atoms with E-state index in [9.17, 15) is 9.59 Å². The van der Waals surface area contributed by atoms with Crippen molar-refractivity contribution in [1.82, 2.24) is 30.0 Å². The van der Waals surface area contributed by atoms with Crippen LogP contribution in [-0.4, -0.2) is 79.5 Å². The Balaban J connectivity index is 1.16. The predicted molar refractivity (Wildman–Crippen MR) is 124 cm³/mol. The maximum atomic E-state index is 13.5. The van der Waals surface area contributed by atoms with E-state index in [4.69, 9.17) is 0 Å². The topological polar surface area (TPSA) is 98.3 Å². The molecule has 5 heterocycles. The fourth-order valence-electron chi connectivity index (χ4n) is 5.46. The molecular weight excluding hydrogens is 438 g/mol. The number of aryl methyl sites for hydroxylation is 1. The summed E-state index contributed by atoms with van der Waals surface area (Å²) >= 11 is 1.34. The number of para-hydroxylation sites is 1. The van der Waals surface area contributed by atoms with Crippen molar-refractivity contribution in [3.05, 3.63) is 47.2 Å². The average molecular weight is 464 g/mol. The Morgan fingerprint density at radius 3 is 2.64 bits per heavy atom. The first-order valence-electron chi connectivity index (χ1n) is 11.4. The van der Waals surface area contributed by atoms with Gasteiger partial charge in [-0.25, -0.2) is 9.97 Å². The van der Waals surface area contributed by atoms with Gasteiger partial charge in [-0.15, -0.1) is 11.3 Å². The first-order chi connectivity index (χ1) is 16.1. The van der Waals surface area contributed by atoms with Crippen molar-refractivity contribution in [1.29, 1.82) is 0 Å². The van der Waals surface area contributed by atoms with Gasteiger partial charge >= 0.3 is 0 Å². The van der Waals surface area contributed by atoms with Crippen molar-refractivity contribution in [3.8, 4) is 10.8 Å². The minimum atomic E-state index is -0.107. The minimum absolute atomic E-state index is 0.00198. The number of hydrogen-bond donors (Lipinski definition) is 1. The highest BCUT2D eigenvalue weighted by Gasteiger charge is 2.49. The van der Waals surface area contributed by atoms with Crippen molar-refractivity contribution in [2.24, 2.45) is 0 Å². The Morgan fingerprint density at radius 1 is 1.12 bits per heavy atom. The Hall–Kier alpha value is -3.27. The number of amides is 2. The summed E-state index contributed by atoms with van der Waals surface area (Å²) in [5.41, 5.74) is 1.81. The number of nitrogens with zero attached hydrogens (tertiary/aromatic N) is 6. The second kappa shape index (κ2) is 7.95. The molecule has 3 atom stereocenters. The molecule has 3 aliphatic heterocycles. The number of carbonyl (C=O) groups is 2. The third kappa shape index (κ3) is 3.40. The summed E-state index contributed by atoms with van der Waals surface area (Å²) in [6.45, 7) is 3.96. The molecule has 6 rings (SSSR count). The van der Waals surface area contributed by atoms with E-state index < -0.39 is 0 Å². The number of aromatic amines is 1. The molecule has 1 aromatic carbocycles. The van der Waals surface area contributed by atoms with Crippen LogP contribution in [0, 0.1) is 6.92 Å². The second-order valence-electron chi connectivity index (χ2n) is 8.95. The number of anilines is 1. The molecule has 170 valence electrons. The molecule has 3 aliphatic rings. The van der Waals surface area contributed by atoms with Crippen molar-refractivity contribution >= 4 is 28.8 Å². The van der Waals surface area contributed by atoms with Gasteiger partial charge in [-0.2, -0.15) is 5.10 Å². The molecule has 3 fully saturated rings. The largest absolute Gasteiger partial charge is 0.360 e. The number of thiazole rings is 1. The fraction of sp³-hybridized carbons (Fsp3) is 0.435. The van der Waals surface area contributed by atoms with Gasteiger partial charge in [-0.1, -0.05) is 18.2 Å². The van der Waals surface area contributed by atoms with Crippen molar-refractivity contribution < 1.29 is 9.59 Å². The summed E-state index contributed by atoms with van der Waals surface area (Å²) < 4.78 is 0. The third-order valence-corrected chi connectivity index (χ3v) is 8.17. The summed E-state index contributed by atoms with van der Waals surface area (Å²) in [5.74, 6) is 0.779. The van der Waals surface area contributed by atoms with Gasteiger partial charge < -0.3 is 14.7 Å². The molecule has 2 bridgehead atoms. The highest BCUT2D eigenvalue weighted by Crippen LogP contribution is 2.36. The number of likely N-dealkylation sites (tertiary alicyclic amines) is 2. The lowest BCUT2D eigenvalue weighted by molar-refractivity contribution is -0.134. The number of fused-ring (bicyclic) bond motifs is 2. The summed E-state index contributed by atoms with van der Waals surface area (Å²) in [5, 5.41) is 7.33. The zero-order valence-corrected chi connectivity index (χ0v) is 19.2. The first-order valence-corrected chi connectivity index (χ1v) is 12.2. The molecule has 2 aromatic heterocycles. The lowest BCUT2D eigenvalue weighted by atomic mass is 10.1. The van der Waals surface area contributed by atoms with E-state index in [1.165, 1.54) is 17.7 Å². The second-order valence-corrected chi connectivity index (χ2v) is 9.95. The maximum absolute atomic E-state index is 13.5. The summed E-state index contributed by atoms with van der Waals surface area (Å²) in [6, 6.07) is 10.2. The van der Waals surface area contributed by atoms with Gasteiger partial charge in [0.15, 0.2) is 10.8 Å². The normalized spacial score (nSPS) is 24.2. The number of H-pyrrole nitrogens is 1. The third-order valence-electron chi connectivity index (χ3n) is 7.02. The Kier molecular flexibility index (Phi) is 4.90. The van der Waals surface area contributed by atoms with Gasteiger partial charge in [0.05, 0.1) is 17.8 Å². The Labute approximate surface area is 195 Å². The van der Waals surface area contributed by atoms with Crippen molar-refractivity contribution in [2.75, 3.05) is 24.5 Å². The average Bonchev–Trinajstić information content (AvgIpc) is 3.65. The molecule has 0 aliphatic carbocycles. The van der Waals surface area contributed by atoms with E-state index in [2.05, 4.69) is 37.2 Å². The van der Waals surface area contributed by atoms with Crippen LogP contribution in [0.1, 0.15) is 34.6 Å². The van der Waals surface area contributed by atoms with Crippen LogP contribution < -0.4 is 4.90 Å². The molecule has 0 radical (unpaired) electrons. The zero-order valence-electron chi connectivity index (χ0n) is 18.3. The van der Waals surface area contributed by atoms with E-state index in [-0.39, 0.29) is 29.9 Å². The molecule has 9 nitrogen and oxygen atoms in total.